The first-order chi connectivity index (χ1) is 12.9. The van der Waals surface area contributed by atoms with Gasteiger partial charge in [0.2, 0.25) is 5.91 Å². The molecular formula is C19H18ClNO5S. The summed E-state index contributed by atoms with van der Waals surface area (Å²) in [7, 11) is 2.42. The largest absolute Gasteiger partial charge is 0.468 e. The molecule has 27 heavy (non-hydrogen) atoms. The normalized spacial score (nSPS) is 10.6. The molecular weight excluding hydrogens is 390 g/mol. The maximum absolute atomic E-state index is 12.4. The van der Waals surface area contributed by atoms with E-state index in [-0.39, 0.29) is 13.1 Å². The lowest BCUT2D eigenvalue weighted by Crippen LogP contribution is -2.39. The first-order valence-corrected chi connectivity index (χ1v) is 9.08. The number of nitrogens with zero attached hydrogens (tertiary/aromatic N) is 1. The summed E-state index contributed by atoms with van der Waals surface area (Å²) in [5, 5.41) is 0.648. The van der Waals surface area contributed by atoms with Crippen LogP contribution in [0.3, 0.4) is 0 Å². The summed E-state index contributed by atoms with van der Waals surface area (Å²) in [6.45, 7) is -0.681. The molecule has 0 spiro atoms. The minimum atomic E-state index is -0.625. The van der Waals surface area contributed by atoms with Crippen molar-refractivity contribution in [3.05, 3.63) is 52.4 Å². The van der Waals surface area contributed by atoms with E-state index in [9.17, 15) is 14.4 Å². The minimum absolute atomic E-state index is 0.340. The summed E-state index contributed by atoms with van der Waals surface area (Å²) < 4.78 is 9.11. The van der Waals surface area contributed by atoms with Crippen LogP contribution in [0.4, 0.5) is 0 Å². The number of halogens is 1. The molecule has 6 nitrogen and oxygen atoms in total. The van der Waals surface area contributed by atoms with Crippen molar-refractivity contribution in [1.29, 1.82) is 0 Å². The fraction of sp³-hybridized carbons (Fsp3) is 0.211. The van der Waals surface area contributed by atoms with Crippen molar-refractivity contribution in [1.82, 2.24) is 4.90 Å². The van der Waals surface area contributed by atoms with Crippen molar-refractivity contribution in [2.45, 2.75) is 0 Å². The highest BCUT2D eigenvalue weighted by Gasteiger charge is 2.19. The van der Waals surface area contributed by atoms with E-state index in [0.29, 0.717) is 5.02 Å². The quantitative estimate of drug-likeness (QED) is 0.520. The molecule has 0 saturated carbocycles. The predicted octanol–water partition coefficient (Wildman–Crippen LogP) is 3.26. The van der Waals surface area contributed by atoms with Gasteiger partial charge in [0.25, 0.3) is 0 Å². The Balaban J connectivity index is 2.11. The molecule has 1 aromatic heterocycles. The number of ether oxygens (including phenoxy) is 2. The molecule has 1 aromatic carbocycles. The van der Waals surface area contributed by atoms with E-state index in [4.69, 9.17) is 11.6 Å². The van der Waals surface area contributed by atoms with Gasteiger partial charge in [-0.1, -0.05) is 23.7 Å². The number of esters is 2. The molecule has 0 fully saturated rings. The van der Waals surface area contributed by atoms with Crippen LogP contribution in [-0.2, 0) is 23.9 Å². The number of carbonyl (C=O) groups is 3. The van der Waals surface area contributed by atoms with Gasteiger partial charge in [0.15, 0.2) is 0 Å². The third kappa shape index (κ3) is 6.23. The summed E-state index contributed by atoms with van der Waals surface area (Å²) in [5.74, 6) is -1.75. The van der Waals surface area contributed by atoms with Gasteiger partial charge in [-0.05, 0) is 35.9 Å². The van der Waals surface area contributed by atoms with Gasteiger partial charge in [0, 0.05) is 20.9 Å². The van der Waals surface area contributed by atoms with E-state index in [2.05, 4.69) is 9.47 Å². The lowest BCUT2D eigenvalue weighted by molar-refractivity contribution is -0.150. The zero-order chi connectivity index (χ0) is 19.8. The van der Waals surface area contributed by atoms with E-state index >= 15 is 0 Å². The van der Waals surface area contributed by atoms with Gasteiger partial charge in [-0.25, -0.2) is 0 Å². The van der Waals surface area contributed by atoms with Gasteiger partial charge in [-0.15, -0.1) is 11.3 Å². The molecule has 0 aliphatic heterocycles. The Kier molecular flexibility index (Phi) is 7.57. The molecule has 2 aromatic rings. The van der Waals surface area contributed by atoms with Crippen molar-refractivity contribution < 1.29 is 23.9 Å². The summed E-state index contributed by atoms with van der Waals surface area (Å²) in [5.41, 5.74) is 0.983. The number of amides is 1. The average Bonchev–Trinajstić information content (AvgIpc) is 3.14. The Hall–Kier alpha value is -2.64. The van der Waals surface area contributed by atoms with Crippen molar-refractivity contribution in [2.24, 2.45) is 0 Å². The summed E-state index contributed by atoms with van der Waals surface area (Å²) in [6.07, 6.45) is 2.93. The van der Waals surface area contributed by atoms with Crippen LogP contribution in [0.25, 0.3) is 16.5 Å². The van der Waals surface area contributed by atoms with Gasteiger partial charge in [0.05, 0.1) is 14.2 Å². The number of rotatable bonds is 7. The topological polar surface area (TPSA) is 72.9 Å². The molecule has 0 saturated heterocycles. The van der Waals surface area contributed by atoms with Crippen LogP contribution in [0.1, 0.15) is 4.88 Å². The molecule has 1 amide bonds. The molecule has 0 N–H and O–H groups in total. The zero-order valence-corrected chi connectivity index (χ0v) is 16.4. The Morgan fingerprint density at radius 2 is 1.74 bits per heavy atom. The second-order valence-electron chi connectivity index (χ2n) is 5.39. The number of hydrogen-bond acceptors (Lipinski definition) is 6. The van der Waals surface area contributed by atoms with Gasteiger partial charge >= 0.3 is 11.9 Å². The van der Waals surface area contributed by atoms with Gasteiger partial charge < -0.3 is 14.4 Å². The first kappa shape index (κ1) is 20.7. The van der Waals surface area contributed by atoms with Crippen molar-refractivity contribution in [3.8, 4) is 10.4 Å². The van der Waals surface area contributed by atoms with Crippen LogP contribution < -0.4 is 0 Å². The minimum Gasteiger partial charge on any atom is -0.468 e. The fourth-order valence-corrected chi connectivity index (χ4v) is 3.25. The molecule has 0 radical (unpaired) electrons. The Bertz CT molecular complexity index is 843. The third-order valence-corrected chi connectivity index (χ3v) is 4.87. The Morgan fingerprint density at radius 3 is 2.33 bits per heavy atom. The van der Waals surface area contributed by atoms with E-state index in [1.54, 1.807) is 12.1 Å². The number of benzene rings is 1. The number of thiophene rings is 1. The van der Waals surface area contributed by atoms with Gasteiger partial charge in [-0.2, -0.15) is 0 Å². The van der Waals surface area contributed by atoms with E-state index < -0.39 is 17.8 Å². The van der Waals surface area contributed by atoms with Crippen LogP contribution in [0.5, 0.6) is 0 Å². The molecule has 0 bridgehead atoms. The van der Waals surface area contributed by atoms with E-state index in [0.717, 1.165) is 20.2 Å². The van der Waals surface area contributed by atoms with Crippen LogP contribution in [-0.4, -0.2) is 50.1 Å². The number of carbonyl (C=O) groups excluding carboxylic acids is 3. The Morgan fingerprint density at radius 1 is 1.07 bits per heavy atom. The van der Waals surface area contributed by atoms with Crippen LogP contribution >= 0.6 is 22.9 Å². The summed E-state index contributed by atoms with van der Waals surface area (Å²) >= 11 is 7.50. The maximum atomic E-state index is 12.4. The average molecular weight is 408 g/mol. The standard InChI is InChI=1S/C19H18ClNO5S/c1-25-18(23)11-21(12-19(24)26-2)17(22)9-7-15-6-8-16(27-15)13-4-3-5-14(20)10-13/h3-10H,11-12H2,1-2H3/b9-7+. The highest BCUT2D eigenvalue weighted by atomic mass is 35.5. The zero-order valence-electron chi connectivity index (χ0n) is 14.8. The fourth-order valence-electron chi connectivity index (χ4n) is 2.15. The SMILES string of the molecule is COC(=O)CN(CC(=O)OC)C(=O)/C=C/c1ccc(-c2cccc(Cl)c2)s1. The monoisotopic (exact) mass is 407 g/mol. The second kappa shape index (κ2) is 9.89. The molecule has 0 aliphatic rings. The van der Waals surface area contributed by atoms with Crippen LogP contribution in [0.2, 0.25) is 5.02 Å². The molecule has 2 rings (SSSR count). The lowest BCUT2D eigenvalue weighted by Gasteiger charge is -2.18. The van der Waals surface area contributed by atoms with E-state index in [1.807, 2.05) is 30.3 Å². The predicted molar refractivity (Wildman–Crippen MR) is 104 cm³/mol. The second-order valence-corrected chi connectivity index (χ2v) is 6.94. The summed E-state index contributed by atoms with van der Waals surface area (Å²) in [4.78, 5) is 38.2. The third-order valence-electron chi connectivity index (χ3n) is 3.53. The highest BCUT2D eigenvalue weighted by Crippen LogP contribution is 2.30. The number of methoxy groups -OCH3 is 2. The van der Waals surface area contributed by atoms with Crippen LogP contribution in [0, 0.1) is 0 Å². The van der Waals surface area contributed by atoms with E-state index in [1.165, 1.54) is 31.6 Å². The molecule has 142 valence electrons. The number of hydrogen-bond donors (Lipinski definition) is 0. The molecule has 0 unspecified atom stereocenters. The lowest BCUT2D eigenvalue weighted by atomic mass is 10.2. The molecule has 8 heteroatoms. The van der Waals surface area contributed by atoms with Gasteiger partial charge in [0.1, 0.15) is 13.1 Å². The van der Waals surface area contributed by atoms with Crippen LogP contribution in [0.15, 0.2) is 42.5 Å². The summed E-state index contributed by atoms with van der Waals surface area (Å²) in [6, 6.07) is 11.3. The maximum Gasteiger partial charge on any atom is 0.325 e. The van der Waals surface area contributed by atoms with Crippen molar-refractivity contribution in [2.75, 3.05) is 27.3 Å². The Labute approximate surface area is 165 Å². The smallest absolute Gasteiger partial charge is 0.325 e. The molecule has 1 heterocycles. The van der Waals surface area contributed by atoms with Crippen molar-refractivity contribution in [3.63, 3.8) is 0 Å². The highest BCUT2D eigenvalue weighted by molar-refractivity contribution is 7.16. The van der Waals surface area contributed by atoms with Gasteiger partial charge in [-0.3, -0.25) is 14.4 Å². The molecule has 0 atom stereocenters. The molecule has 0 aliphatic carbocycles. The van der Waals surface area contributed by atoms with Crippen molar-refractivity contribution >= 4 is 46.9 Å². The first-order valence-electron chi connectivity index (χ1n) is 7.89.